The normalized spacial score (nSPS) is 21.8. The highest BCUT2D eigenvalue weighted by molar-refractivity contribution is 5.96. The van der Waals surface area contributed by atoms with Crippen molar-refractivity contribution in [2.75, 3.05) is 0 Å². The van der Waals surface area contributed by atoms with Gasteiger partial charge in [0.2, 0.25) is 0 Å². The summed E-state index contributed by atoms with van der Waals surface area (Å²) in [4.78, 5) is 44.7. The third-order valence-corrected chi connectivity index (χ3v) is 4.43. The van der Waals surface area contributed by atoms with E-state index in [-0.39, 0.29) is 12.2 Å². The van der Waals surface area contributed by atoms with Gasteiger partial charge in [-0.15, -0.1) is 0 Å². The second kappa shape index (κ2) is 7.23. The molecule has 144 valence electrons. The molecule has 1 aromatic carbocycles. The highest BCUT2D eigenvalue weighted by atomic mass is 16.6. The number of ether oxygens (including phenoxy) is 1. The van der Waals surface area contributed by atoms with E-state index >= 15 is 0 Å². The quantitative estimate of drug-likeness (QED) is 0.476. The van der Waals surface area contributed by atoms with E-state index in [1.54, 1.807) is 13.8 Å². The van der Waals surface area contributed by atoms with Crippen LogP contribution in [0.4, 0.5) is 11.4 Å². The van der Waals surface area contributed by atoms with Crippen LogP contribution >= 0.6 is 0 Å². The van der Waals surface area contributed by atoms with E-state index in [1.807, 2.05) is 0 Å². The lowest BCUT2D eigenvalue weighted by atomic mass is 9.80. The van der Waals surface area contributed by atoms with Gasteiger partial charge in [-0.3, -0.25) is 25.0 Å². The van der Waals surface area contributed by atoms with Crippen molar-refractivity contribution in [3.05, 3.63) is 55.6 Å². The Bertz CT molecular complexity index is 858. The Morgan fingerprint density at radius 2 is 1.89 bits per heavy atom. The molecule has 0 amide bonds. The van der Waals surface area contributed by atoms with Crippen LogP contribution in [0.25, 0.3) is 0 Å². The number of carbonyl (C=O) groups excluding carboxylic acids is 2. The summed E-state index contributed by atoms with van der Waals surface area (Å²) in [5.41, 5.74) is -2.41. The third kappa shape index (κ3) is 4.17. The topological polar surface area (TPSA) is 150 Å². The van der Waals surface area contributed by atoms with Crippen LogP contribution in [0.2, 0.25) is 0 Å². The molecular weight excluding hydrogens is 360 g/mol. The molecule has 1 aliphatic rings. The Balaban J connectivity index is 2.39. The van der Waals surface area contributed by atoms with Gasteiger partial charge in [0.15, 0.2) is 5.78 Å². The van der Waals surface area contributed by atoms with Crippen molar-refractivity contribution >= 4 is 23.1 Å². The first-order chi connectivity index (χ1) is 12.4. The Labute approximate surface area is 153 Å². The average molecular weight is 378 g/mol. The second-order valence-corrected chi connectivity index (χ2v) is 6.97. The molecule has 0 heterocycles. The average Bonchev–Trinajstić information content (AvgIpc) is 2.64. The van der Waals surface area contributed by atoms with E-state index in [1.165, 1.54) is 13.0 Å². The van der Waals surface area contributed by atoms with Crippen molar-refractivity contribution in [1.29, 1.82) is 0 Å². The molecule has 0 radical (unpaired) electrons. The summed E-state index contributed by atoms with van der Waals surface area (Å²) in [7, 11) is 0. The summed E-state index contributed by atoms with van der Waals surface area (Å²) in [6.45, 7) is 4.79. The molecule has 0 fully saturated rings. The van der Waals surface area contributed by atoms with E-state index in [4.69, 9.17) is 4.74 Å². The fraction of sp³-hybridized carbons (Fsp3) is 0.412. The lowest BCUT2D eigenvalue weighted by molar-refractivity contribution is -0.394. The van der Waals surface area contributed by atoms with Gasteiger partial charge in [0, 0.05) is 17.9 Å². The maximum absolute atomic E-state index is 12.5. The number of nitrogens with zero attached hydrogens (tertiary/aromatic N) is 2. The first-order valence-electron chi connectivity index (χ1n) is 7.97. The van der Waals surface area contributed by atoms with Crippen LogP contribution in [-0.2, 0) is 9.53 Å². The maximum Gasteiger partial charge on any atom is 0.345 e. The summed E-state index contributed by atoms with van der Waals surface area (Å²) in [6.07, 6.45) is -1.08. The summed E-state index contributed by atoms with van der Waals surface area (Å²) in [6, 6.07) is 2.53. The smallest absolute Gasteiger partial charge is 0.345 e. The van der Waals surface area contributed by atoms with E-state index < -0.39 is 50.4 Å². The fourth-order valence-corrected chi connectivity index (χ4v) is 2.78. The number of nitro groups is 2. The van der Waals surface area contributed by atoms with E-state index in [0.29, 0.717) is 11.6 Å². The molecular formula is C17H18N2O8. The molecule has 1 aliphatic carbocycles. The number of aliphatic hydroxyl groups is 1. The van der Waals surface area contributed by atoms with Crippen LogP contribution in [0.3, 0.4) is 0 Å². The van der Waals surface area contributed by atoms with Gasteiger partial charge in [-0.2, -0.15) is 0 Å². The van der Waals surface area contributed by atoms with Gasteiger partial charge < -0.3 is 9.84 Å². The Morgan fingerprint density at radius 3 is 2.44 bits per heavy atom. The first kappa shape index (κ1) is 20.2. The molecule has 1 aromatic rings. The third-order valence-electron chi connectivity index (χ3n) is 4.43. The molecule has 10 nitrogen and oxygen atoms in total. The van der Waals surface area contributed by atoms with Gasteiger partial charge in [-0.25, -0.2) is 4.79 Å². The summed E-state index contributed by atoms with van der Waals surface area (Å²) in [5, 5.41) is 32.5. The number of non-ortho nitro benzene ring substituents is 1. The highest BCUT2D eigenvalue weighted by Crippen LogP contribution is 2.34. The molecule has 0 saturated carbocycles. The second-order valence-electron chi connectivity index (χ2n) is 6.97. The monoisotopic (exact) mass is 378 g/mol. The Hall–Kier alpha value is -3.14. The Morgan fingerprint density at radius 1 is 1.26 bits per heavy atom. The molecule has 0 aliphatic heterocycles. The van der Waals surface area contributed by atoms with Crippen LogP contribution in [-0.4, -0.2) is 38.9 Å². The number of carbonyl (C=O) groups is 2. The minimum absolute atomic E-state index is 0.0439. The van der Waals surface area contributed by atoms with Crippen molar-refractivity contribution in [2.45, 2.75) is 39.4 Å². The zero-order valence-corrected chi connectivity index (χ0v) is 14.9. The lowest BCUT2D eigenvalue weighted by Crippen LogP contribution is -2.40. The number of aliphatic hydroxyl groups excluding tert-OH is 1. The fourth-order valence-electron chi connectivity index (χ4n) is 2.78. The Kier molecular flexibility index (Phi) is 5.41. The predicted molar refractivity (Wildman–Crippen MR) is 92.1 cm³/mol. The van der Waals surface area contributed by atoms with Gasteiger partial charge in [0.1, 0.15) is 17.8 Å². The number of benzene rings is 1. The predicted octanol–water partition coefficient (Wildman–Crippen LogP) is 2.33. The lowest BCUT2D eigenvalue weighted by Gasteiger charge is -2.31. The largest absolute Gasteiger partial charge is 0.452 e. The molecule has 2 atom stereocenters. The molecule has 27 heavy (non-hydrogen) atoms. The number of hydrogen-bond acceptors (Lipinski definition) is 8. The molecule has 0 bridgehead atoms. The van der Waals surface area contributed by atoms with Crippen LogP contribution in [0.1, 0.15) is 37.6 Å². The van der Waals surface area contributed by atoms with Crippen molar-refractivity contribution < 1.29 is 29.3 Å². The molecule has 10 heteroatoms. The molecule has 0 spiro atoms. The van der Waals surface area contributed by atoms with E-state index in [9.17, 15) is 34.9 Å². The summed E-state index contributed by atoms with van der Waals surface area (Å²) >= 11 is 0. The zero-order chi connectivity index (χ0) is 20.5. The van der Waals surface area contributed by atoms with Crippen molar-refractivity contribution in [3.63, 3.8) is 0 Å². The SMILES string of the molecule is CC1=CC(OC(=O)c2ccc([N+](=O)[O-])cc2[N+](=O)[O-])C(O)C(C)(C)CC1=O. The summed E-state index contributed by atoms with van der Waals surface area (Å²) < 4.78 is 5.22. The van der Waals surface area contributed by atoms with Crippen molar-refractivity contribution in [1.82, 2.24) is 0 Å². The number of esters is 1. The van der Waals surface area contributed by atoms with Crippen LogP contribution < -0.4 is 0 Å². The van der Waals surface area contributed by atoms with Crippen LogP contribution in [0, 0.1) is 25.6 Å². The van der Waals surface area contributed by atoms with E-state index in [2.05, 4.69) is 0 Å². The van der Waals surface area contributed by atoms with Gasteiger partial charge >= 0.3 is 5.97 Å². The number of nitro benzene ring substituents is 2. The number of hydrogen-bond donors (Lipinski definition) is 1. The van der Waals surface area contributed by atoms with Crippen LogP contribution in [0.15, 0.2) is 29.8 Å². The van der Waals surface area contributed by atoms with Crippen molar-refractivity contribution in [3.8, 4) is 0 Å². The molecule has 2 rings (SSSR count). The van der Waals surface area contributed by atoms with Gasteiger partial charge in [0.25, 0.3) is 11.4 Å². The maximum atomic E-state index is 12.5. The standard InChI is InChI=1S/C17H18N2O8/c1-9-6-14(15(21)17(2,3)8-13(9)20)27-16(22)11-5-4-10(18(23)24)7-12(11)19(25)26/h4-7,14-15,21H,8H2,1-3H3. The minimum Gasteiger partial charge on any atom is -0.452 e. The van der Waals surface area contributed by atoms with Crippen molar-refractivity contribution in [2.24, 2.45) is 5.41 Å². The molecule has 2 unspecified atom stereocenters. The number of allylic oxidation sites excluding steroid dienone is 1. The number of ketones is 1. The van der Waals surface area contributed by atoms with E-state index in [0.717, 1.165) is 12.1 Å². The highest BCUT2D eigenvalue weighted by Gasteiger charge is 2.40. The van der Waals surface area contributed by atoms with Crippen LogP contribution in [0.5, 0.6) is 0 Å². The summed E-state index contributed by atoms with van der Waals surface area (Å²) in [5.74, 6) is -1.34. The van der Waals surface area contributed by atoms with Gasteiger partial charge in [0.05, 0.1) is 15.9 Å². The number of rotatable bonds is 4. The molecule has 1 N–H and O–H groups in total. The molecule has 0 aromatic heterocycles. The van der Waals surface area contributed by atoms with Gasteiger partial charge in [-0.05, 0) is 24.6 Å². The first-order valence-corrected chi connectivity index (χ1v) is 7.97. The number of Topliss-reactive ketones (excluding diaryl/α,β-unsaturated/α-hetero) is 1. The molecule has 0 saturated heterocycles. The van der Waals surface area contributed by atoms with Gasteiger partial charge in [-0.1, -0.05) is 13.8 Å². The zero-order valence-electron chi connectivity index (χ0n) is 14.9. The minimum atomic E-state index is -1.22.